The second kappa shape index (κ2) is 9.48. The molecule has 3 aromatic rings. The molecule has 0 aromatic heterocycles. The minimum absolute atomic E-state index is 0. The maximum absolute atomic E-state index is 13.5. The van der Waals surface area contributed by atoms with Crippen LogP contribution in [0.15, 0.2) is 72.8 Å². The Morgan fingerprint density at radius 2 is 0.889 bits per heavy atom. The minimum Gasteiger partial charge on any atom is -1.00 e. The van der Waals surface area contributed by atoms with Gasteiger partial charge in [-0.3, -0.25) is 0 Å². The molecule has 0 aliphatic heterocycles. The van der Waals surface area contributed by atoms with Gasteiger partial charge < -0.3 is 15.0 Å². The summed E-state index contributed by atoms with van der Waals surface area (Å²) in [7, 11) is -3.97. The van der Waals surface area contributed by atoms with Gasteiger partial charge in [-0.1, -0.05) is 54.6 Å². The van der Waals surface area contributed by atoms with Crippen LogP contribution < -0.4 is 43.1 Å². The summed E-state index contributed by atoms with van der Waals surface area (Å²) >= 11 is 0. The summed E-state index contributed by atoms with van der Waals surface area (Å²) in [6, 6.07) is 22.0. The summed E-state index contributed by atoms with van der Waals surface area (Å²) in [6.07, 6.45) is 0. The first kappa shape index (κ1) is 21.6. The molecule has 0 aliphatic rings. The Kier molecular flexibility index (Phi) is 7.58. The van der Waals surface area contributed by atoms with Crippen molar-refractivity contribution in [1.82, 2.24) is 0 Å². The summed E-state index contributed by atoms with van der Waals surface area (Å²) in [5.41, 5.74) is 2.53. The van der Waals surface area contributed by atoms with Crippen LogP contribution in [0.2, 0.25) is 0 Å². The van der Waals surface area contributed by atoms with Crippen LogP contribution in [0.1, 0.15) is 19.5 Å². The molecule has 136 valence electrons. The molecule has 3 aromatic carbocycles. The number of para-hydroxylation sites is 3. The van der Waals surface area contributed by atoms with Crippen molar-refractivity contribution in [2.45, 2.75) is 20.8 Å². The topological polar surface area (TPSA) is 44.8 Å². The molecule has 0 atom stereocenters. The van der Waals surface area contributed by atoms with E-state index in [1.807, 2.05) is 75.4 Å². The van der Waals surface area contributed by atoms with E-state index in [-0.39, 0.29) is 32.4 Å². The number of rotatable bonds is 6. The molecule has 0 N–H and O–H groups in total. The quantitative estimate of drug-likeness (QED) is 0.475. The van der Waals surface area contributed by atoms with Gasteiger partial charge in [-0.15, -0.1) is 0 Å². The fourth-order valence-electron chi connectivity index (χ4n) is 2.39. The van der Waals surface area contributed by atoms with E-state index < -0.39 is 7.82 Å². The number of hydrogen-bond acceptors (Lipinski definition) is 4. The van der Waals surface area contributed by atoms with Crippen molar-refractivity contribution in [2.24, 2.45) is 0 Å². The second-order valence-electron chi connectivity index (χ2n) is 6.02. The van der Waals surface area contributed by atoms with Crippen LogP contribution in [0, 0.1) is 20.8 Å². The van der Waals surface area contributed by atoms with Crippen molar-refractivity contribution in [3.05, 3.63) is 89.5 Å². The van der Waals surface area contributed by atoms with Crippen LogP contribution in [0.3, 0.4) is 0 Å². The summed E-state index contributed by atoms with van der Waals surface area (Å²) < 4.78 is 30.8. The monoisotopic (exact) mass is 393 g/mol. The number of phosphoric ester groups is 1. The zero-order valence-electron chi connectivity index (χ0n) is 18.0. The second-order valence-corrected chi connectivity index (χ2v) is 7.46. The van der Waals surface area contributed by atoms with Gasteiger partial charge in [0.1, 0.15) is 17.2 Å². The molecular weight excluding hydrogens is 370 g/mol. The van der Waals surface area contributed by atoms with E-state index in [9.17, 15) is 4.57 Å². The summed E-state index contributed by atoms with van der Waals surface area (Å²) in [6.45, 7) is 5.63. The third-order valence-corrected chi connectivity index (χ3v) is 5.17. The molecule has 0 unspecified atom stereocenters. The number of benzene rings is 3. The molecule has 0 spiro atoms. The van der Waals surface area contributed by atoms with Crippen molar-refractivity contribution in [3.8, 4) is 17.2 Å². The van der Waals surface area contributed by atoms with E-state index in [1.165, 1.54) is 0 Å². The Labute approximate surface area is 185 Å². The molecule has 0 saturated heterocycles. The Hall–Kier alpha value is -1.71. The Balaban J connectivity index is 0.00000261. The van der Waals surface area contributed by atoms with Gasteiger partial charge in [-0.25, -0.2) is 0 Å². The van der Waals surface area contributed by atoms with Crippen molar-refractivity contribution < 1.29 is 50.5 Å². The predicted molar refractivity (Wildman–Crippen MR) is 105 cm³/mol. The third kappa shape index (κ3) is 5.63. The van der Waals surface area contributed by atoms with Crippen molar-refractivity contribution in [2.75, 3.05) is 0 Å². The first-order chi connectivity index (χ1) is 12.5. The average molecular weight is 393 g/mol. The summed E-state index contributed by atoms with van der Waals surface area (Å²) in [5.74, 6) is 1.37. The van der Waals surface area contributed by atoms with E-state index in [1.54, 1.807) is 18.2 Å². The molecule has 0 saturated carbocycles. The van der Waals surface area contributed by atoms with Gasteiger partial charge in [0.25, 0.3) is 0 Å². The molecule has 27 heavy (non-hydrogen) atoms. The number of hydrogen-bond donors (Lipinski definition) is 0. The third-order valence-electron chi connectivity index (χ3n) is 3.91. The first-order valence-electron chi connectivity index (χ1n) is 8.32. The van der Waals surface area contributed by atoms with Gasteiger partial charge >= 0.3 is 38.8 Å². The van der Waals surface area contributed by atoms with Crippen LogP contribution in [-0.4, -0.2) is 0 Å². The van der Waals surface area contributed by atoms with Gasteiger partial charge in [-0.05, 0) is 55.7 Å². The SMILES string of the molecule is Cc1ccccc1OP(=O)(Oc1ccccc1C)Oc1ccccc1C.[H+].[H-].[Na+]. The van der Waals surface area contributed by atoms with E-state index in [0.29, 0.717) is 17.2 Å². The smallest absolute Gasteiger partial charge is 1.00 e. The normalized spacial score (nSPS) is 10.6. The summed E-state index contributed by atoms with van der Waals surface area (Å²) in [5, 5.41) is 0. The zero-order chi connectivity index (χ0) is 18.6. The molecule has 4 nitrogen and oxygen atoms in total. The molecular formula is C21H23NaO4P+. The van der Waals surface area contributed by atoms with E-state index in [2.05, 4.69) is 0 Å². The summed E-state index contributed by atoms with van der Waals surface area (Å²) in [4.78, 5) is 0. The standard InChI is InChI=1S/C21H21O4P.Na.H/c1-16-10-4-7-13-19(16)23-26(22,24-20-14-8-5-11-17(20)2)25-21-15-9-6-12-18(21)3;;/h4-15H,1-3H3;;/q;+1;-1/p+1. The molecule has 0 heterocycles. The van der Waals surface area contributed by atoms with Gasteiger partial charge in [0.2, 0.25) is 0 Å². The zero-order valence-corrected chi connectivity index (χ0v) is 18.9. The minimum atomic E-state index is -3.97. The Morgan fingerprint density at radius 3 is 1.15 bits per heavy atom. The van der Waals surface area contributed by atoms with Gasteiger partial charge in [0.15, 0.2) is 0 Å². The Morgan fingerprint density at radius 1 is 0.630 bits per heavy atom. The Bertz CT molecular complexity index is 846. The van der Waals surface area contributed by atoms with Gasteiger partial charge in [0.05, 0.1) is 0 Å². The molecule has 0 aliphatic carbocycles. The van der Waals surface area contributed by atoms with Crippen LogP contribution >= 0.6 is 7.82 Å². The first-order valence-corrected chi connectivity index (χ1v) is 9.79. The molecule has 0 fully saturated rings. The van der Waals surface area contributed by atoms with E-state index >= 15 is 0 Å². The molecule has 0 bridgehead atoms. The van der Waals surface area contributed by atoms with Crippen molar-refractivity contribution in [1.29, 1.82) is 0 Å². The number of phosphoric acid groups is 1. The molecule has 3 rings (SSSR count). The van der Waals surface area contributed by atoms with Crippen molar-refractivity contribution in [3.63, 3.8) is 0 Å². The van der Waals surface area contributed by atoms with Crippen LogP contribution in [0.25, 0.3) is 0 Å². The fraction of sp³-hybridized carbons (Fsp3) is 0.143. The molecule has 6 heteroatoms. The predicted octanol–water partition coefficient (Wildman–Crippen LogP) is 3.49. The van der Waals surface area contributed by atoms with Crippen LogP contribution in [-0.2, 0) is 4.57 Å². The average Bonchev–Trinajstić information content (AvgIpc) is 2.61. The van der Waals surface area contributed by atoms with Crippen LogP contribution in [0.4, 0.5) is 0 Å². The maximum atomic E-state index is 13.5. The van der Waals surface area contributed by atoms with E-state index in [4.69, 9.17) is 13.6 Å². The fourth-order valence-corrected chi connectivity index (χ4v) is 3.84. The van der Waals surface area contributed by atoms with Crippen molar-refractivity contribution >= 4 is 7.82 Å². The molecule has 0 amide bonds. The number of aryl methyl sites for hydroxylation is 3. The van der Waals surface area contributed by atoms with Crippen LogP contribution in [0.5, 0.6) is 17.2 Å². The van der Waals surface area contributed by atoms with Gasteiger partial charge in [-0.2, -0.15) is 4.57 Å². The molecule has 0 radical (unpaired) electrons. The maximum Gasteiger partial charge on any atom is 1.00 e. The largest absolute Gasteiger partial charge is 1.00 e. The van der Waals surface area contributed by atoms with E-state index in [0.717, 1.165) is 16.7 Å². The van der Waals surface area contributed by atoms with Gasteiger partial charge in [0, 0.05) is 0 Å².